The Labute approximate surface area is 92.5 Å². The molecule has 2 aromatic heterocycles. The summed E-state index contributed by atoms with van der Waals surface area (Å²) in [5.74, 6) is 1.08. The largest absolute Gasteiger partial charge is 0.337 e. The summed E-state index contributed by atoms with van der Waals surface area (Å²) in [5, 5.41) is 3.94. The Morgan fingerprint density at radius 3 is 2.88 bits per heavy atom. The van der Waals surface area contributed by atoms with Gasteiger partial charge < -0.3 is 14.8 Å². The third-order valence-corrected chi connectivity index (χ3v) is 3.14. The summed E-state index contributed by atoms with van der Waals surface area (Å²) in [6.45, 7) is 0. The number of rotatable bonds is 2. The first-order valence-electron chi connectivity index (χ1n) is 5.29. The standard InChI is InChI=1S/C10H13N5O/c1-15-6-12-5-7(15)8-13-9(16-14-8)10(11)3-2-4-10/h5-6H,2-4,11H2,1H3. The van der Waals surface area contributed by atoms with Gasteiger partial charge in [0.15, 0.2) is 0 Å². The molecule has 1 saturated carbocycles. The normalized spacial score (nSPS) is 18.4. The molecule has 84 valence electrons. The van der Waals surface area contributed by atoms with Gasteiger partial charge >= 0.3 is 0 Å². The average molecular weight is 219 g/mol. The average Bonchev–Trinajstić information content (AvgIpc) is 2.82. The highest BCUT2D eigenvalue weighted by Gasteiger charge is 2.40. The maximum absolute atomic E-state index is 6.11. The van der Waals surface area contributed by atoms with E-state index in [-0.39, 0.29) is 0 Å². The summed E-state index contributed by atoms with van der Waals surface area (Å²) in [6.07, 6.45) is 6.37. The van der Waals surface area contributed by atoms with Crippen molar-refractivity contribution in [2.24, 2.45) is 12.8 Å². The van der Waals surface area contributed by atoms with Gasteiger partial charge in [0.2, 0.25) is 11.7 Å². The molecule has 1 fully saturated rings. The van der Waals surface area contributed by atoms with Crippen LogP contribution in [0, 0.1) is 0 Å². The quantitative estimate of drug-likeness (QED) is 0.808. The molecule has 2 aromatic rings. The first kappa shape index (κ1) is 9.53. The van der Waals surface area contributed by atoms with E-state index >= 15 is 0 Å². The maximum Gasteiger partial charge on any atom is 0.247 e. The minimum atomic E-state index is -0.399. The second-order valence-electron chi connectivity index (χ2n) is 4.32. The van der Waals surface area contributed by atoms with Gasteiger partial charge in [-0.2, -0.15) is 4.98 Å². The van der Waals surface area contributed by atoms with Crippen LogP contribution in [-0.2, 0) is 12.6 Å². The van der Waals surface area contributed by atoms with Crippen LogP contribution in [0.25, 0.3) is 11.5 Å². The van der Waals surface area contributed by atoms with E-state index in [1.54, 1.807) is 12.5 Å². The van der Waals surface area contributed by atoms with Crippen molar-refractivity contribution in [2.75, 3.05) is 0 Å². The number of hydrogen-bond donors (Lipinski definition) is 1. The number of nitrogens with zero attached hydrogens (tertiary/aromatic N) is 4. The molecule has 0 spiro atoms. The molecule has 0 radical (unpaired) electrons. The monoisotopic (exact) mass is 219 g/mol. The van der Waals surface area contributed by atoms with Crippen LogP contribution in [0.4, 0.5) is 0 Å². The zero-order valence-electron chi connectivity index (χ0n) is 9.05. The molecule has 2 heterocycles. The van der Waals surface area contributed by atoms with E-state index in [0.717, 1.165) is 25.0 Å². The molecule has 3 rings (SSSR count). The van der Waals surface area contributed by atoms with E-state index in [2.05, 4.69) is 15.1 Å². The van der Waals surface area contributed by atoms with E-state index in [1.165, 1.54) is 0 Å². The molecular weight excluding hydrogens is 206 g/mol. The molecule has 6 heteroatoms. The maximum atomic E-state index is 6.11. The molecule has 2 N–H and O–H groups in total. The van der Waals surface area contributed by atoms with Gasteiger partial charge in [-0.3, -0.25) is 0 Å². The van der Waals surface area contributed by atoms with Crippen molar-refractivity contribution in [3.63, 3.8) is 0 Å². The Bertz CT molecular complexity index is 511. The molecule has 0 aliphatic heterocycles. The smallest absolute Gasteiger partial charge is 0.247 e. The molecule has 0 saturated heterocycles. The van der Waals surface area contributed by atoms with Crippen LogP contribution in [0.15, 0.2) is 17.0 Å². The van der Waals surface area contributed by atoms with Crippen molar-refractivity contribution in [1.82, 2.24) is 19.7 Å². The highest BCUT2D eigenvalue weighted by Crippen LogP contribution is 2.38. The number of aromatic nitrogens is 4. The van der Waals surface area contributed by atoms with E-state index in [0.29, 0.717) is 11.7 Å². The SMILES string of the molecule is Cn1cncc1-c1noc(C2(N)CCC2)n1. The van der Waals surface area contributed by atoms with Gasteiger partial charge in [-0.1, -0.05) is 5.16 Å². The van der Waals surface area contributed by atoms with Crippen LogP contribution in [0.2, 0.25) is 0 Å². The molecule has 1 aliphatic carbocycles. The fraction of sp³-hybridized carbons (Fsp3) is 0.500. The van der Waals surface area contributed by atoms with Gasteiger partial charge in [0.25, 0.3) is 0 Å². The minimum absolute atomic E-state index is 0.399. The predicted molar refractivity (Wildman–Crippen MR) is 56.2 cm³/mol. The summed E-state index contributed by atoms with van der Waals surface area (Å²) < 4.78 is 7.07. The van der Waals surface area contributed by atoms with Gasteiger partial charge in [0.1, 0.15) is 5.69 Å². The van der Waals surface area contributed by atoms with Crippen molar-refractivity contribution < 1.29 is 4.52 Å². The van der Waals surface area contributed by atoms with Gasteiger partial charge in [0.05, 0.1) is 18.1 Å². The van der Waals surface area contributed by atoms with Gasteiger partial charge in [-0.25, -0.2) is 4.98 Å². The zero-order valence-corrected chi connectivity index (χ0v) is 9.05. The third kappa shape index (κ3) is 1.26. The molecule has 0 unspecified atom stereocenters. The van der Waals surface area contributed by atoms with Gasteiger partial charge in [0, 0.05) is 7.05 Å². The summed E-state index contributed by atoms with van der Waals surface area (Å²) >= 11 is 0. The molecule has 6 nitrogen and oxygen atoms in total. The third-order valence-electron chi connectivity index (χ3n) is 3.14. The highest BCUT2D eigenvalue weighted by atomic mass is 16.5. The van der Waals surface area contributed by atoms with Crippen molar-refractivity contribution in [3.8, 4) is 11.5 Å². The fourth-order valence-corrected chi connectivity index (χ4v) is 1.87. The highest BCUT2D eigenvalue weighted by molar-refractivity contribution is 5.47. The molecular formula is C10H13N5O. The minimum Gasteiger partial charge on any atom is -0.337 e. The number of imidazole rings is 1. The Kier molecular flexibility index (Phi) is 1.88. The van der Waals surface area contributed by atoms with Gasteiger partial charge in [-0.15, -0.1) is 0 Å². The molecule has 0 atom stereocenters. The van der Waals surface area contributed by atoms with Crippen LogP contribution in [-0.4, -0.2) is 19.7 Å². The summed E-state index contributed by atoms with van der Waals surface area (Å²) in [6, 6.07) is 0. The number of hydrogen-bond acceptors (Lipinski definition) is 5. The number of nitrogens with two attached hydrogens (primary N) is 1. The zero-order chi connectivity index (χ0) is 11.2. The van der Waals surface area contributed by atoms with E-state index < -0.39 is 5.54 Å². The van der Waals surface area contributed by atoms with Crippen molar-refractivity contribution in [1.29, 1.82) is 0 Å². The van der Waals surface area contributed by atoms with E-state index in [4.69, 9.17) is 10.3 Å². The first-order chi connectivity index (χ1) is 7.69. The molecule has 0 aromatic carbocycles. The van der Waals surface area contributed by atoms with Crippen LogP contribution in [0.3, 0.4) is 0 Å². The Morgan fingerprint density at radius 1 is 1.50 bits per heavy atom. The summed E-state index contributed by atoms with van der Waals surface area (Å²) in [4.78, 5) is 8.36. The van der Waals surface area contributed by atoms with Crippen LogP contribution in [0.5, 0.6) is 0 Å². The second kappa shape index (κ2) is 3.15. The van der Waals surface area contributed by atoms with E-state index in [1.807, 2.05) is 11.6 Å². The predicted octanol–water partition coefficient (Wildman–Crippen LogP) is 0.808. The Hall–Kier alpha value is -1.69. The van der Waals surface area contributed by atoms with Gasteiger partial charge in [-0.05, 0) is 19.3 Å². The molecule has 16 heavy (non-hydrogen) atoms. The second-order valence-corrected chi connectivity index (χ2v) is 4.32. The fourth-order valence-electron chi connectivity index (χ4n) is 1.87. The molecule has 0 amide bonds. The lowest BCUT2D eigenvalue weighted by atomic mass is 9.78. The lowest BCUT2D eigenvalue weighted by Gasteiger charge is -2.33. The lowest BCUT2D eigenvalue weighted by Crippen LogP contribution is -2.43. The van der Waals surface area contributed by atoms with Crippen LogP contribution >= 0.6 is 0 Å². The molecule has 1 aliphatic rings. The Morgan fingerprint density at radius 2 is 2.31 bits per heavy atom. The summed E-state index contributed by atoms with van der Waals surface area (Å²) in [7, 11) is 1.89. The van der Waals surface area contributed by atoms with Crippen LogP contribution in [0.1, 0.15) is 25.2 Å². The van der Waals surface area contributed by atoms with Crippen LogP contribution < -0.4 is 5.73 Å². The molecule has 0 bridgehead atoms. The first-order valence-corrected chi connectivity index (χ1v) is 5.29. The van der Waals surface area contributed by atoms with Crippen molar-refractivity contribution in [2.45, 2.75) is 24.8 Å². The Balaban J connectivity index is 1.97. The summed E-state index contributed by atoms with van der Waals surface area (Å²) in [5.41, 5.74) is 6.54. The van der Waals surface area contributed by atoms with E-state index in [9.17, 15) is 0 Å². The number of aryl methyl sites for hydroxylation is 1. The van der Waals surface area contributed by atoms with Crippen molar-refractivity contribution in [3.05, 3.63) is 18.4 Å². The topological polar surface area (TPSA) is 82.8 Å². The van der Waals surface area contributed by atoms with Crippen molar-refractivity contribution >= 4 is 0 Å². The lowest BCUT2D eigenvalue weighted by molar-refractivity contribution is 0.181.